The van der Waals surface area contributed by atoms with E-state index in [1.54, 1.807) is 6.07 Å². The van der Waals surface area contributed by atoms with E-state index in [9.17, 15) is 10.1 Å². The highest BCUT2D eigenvalue weighted by molar-refractivity contribution is 5.85. The van der Waals surface area contributed by atoms with Crippen LogP contribution in [-0.2, 0) is 4.74 Å². The van der Waals surface area contributed by atoms with Gasteiger partial charge in [0, 0.05) is 18.7 Å². The summed E-state index contributed by atoms with van der Waals surface area (Å²) in [4.78, 5) is 17.8. The molecule has 3 rings (SSSR count). The first-order chi connectivity index (χ1) is 8.74. The number of nitrogens with zero attached hydrogens (tertiary/aromatic N) is 2. The van der Waals surface area contributed by atoms with Crippen LogP contribution < -0.4 is 0 Å². The minimum absolute atomic E-state index is 0. The summed E-state index contributed by atoms with van der Waals surface area (Å²) in [6, 6.07) is 4.64. The Morgan fingerprint density at radius 1 is 1.42 bits per heavy atom. The van der Waals surface area contributed by atoms with Crippen molar-refractivity contribution >= 4 is 29.1 Å². The molecule has 0 aliphatic carbocycles. The third-order valence-electron chi connectivity index (χ3n) is 3.18. The number of aromatic nitrogens is 2. The van der Waals surface area contributed by atoms with Crippen LogP contribution in [0, 0.1) is 10.1 Å². The molecule has 19 heavy (non-hydrogen) atoms. The number of hydrogen-bond acceptors (Lipinski definition) is 4. The first-order valence-electron chi connectivity index (χ1n) is 6.00. The van der Waals surface area contributed by atoms with Crippen LogP contribution in [0.4, 0.5) is 5.69 Å². The number of hydrogen-bond donors (Lipinski definition) is 1. The minimum atomic E-state index is -0.406. The second-order valence-electron chi connectivity index (χ2n) is 4.44. The van der Waals surface area contributed by atoms with Crippen molar-refractivity contribution in [1.29, 1.82) is 0 Å². The van der Waals surface area contributed by atoms with Gasteiger partial charge in [-0.25, -0.2) is 4.98 Å². The number of non-ortho nitro benzene ring substituents is 1. The van der Waals surface area contributed by atoms with Crippen LogP contribution in [0.15, 0.2) is 18.2 Å². The number of benzene rings is 1. The van der Waals surface area contributed by atoms with Crippen molar-refractivity contribution in [1.82, 2.24) is 9.97 Å². The average Bonchev–Trinajstić information content (AvgIpc) is 2.82. The Morgan fingerprint density at radius 3 is 2.95 bits per heavy atom. The molecule has 1 fully saturated rings. The molecule has 1 atom stereocenters. The zero-order chi connectivity index (χ0) is 12.5. The Morgan fingerprint density at radius 2 is 2.26 bits per heavy atom. The van der Waals surface area contributed by atoms with E-state index < -0.39 is 4.92 Å². The Kier molecular flexibility index (Phi) is 4.01. The Hall–Kier alpha value is -1.66. The molecule has 1 aromatic heterocycles. The number of imidazole rings is 1. The van der Waals surface area contributed by atoms with E-state index in [0.717, 1.165) is 37.2 Å². The maximum atomic E-state index is 10.7. The number of nitro groups is 1. The Labute approximate surface area is 115 Å². The molecule has 7 heteroatoms. The highest BCUT2D eigenvalue weighted by atomic mass is 35.5. The van der Waals surface area contributed by atoms with Crippen molar-refractivity contribution in [3.05, 3.63) is 34.1 Å². The van der Waals surface area contributed by atoms with Gasteiger partial charge < -0.3 is 9.72 Å². The lowest BCUT2D eigenvalue weighted by atomic mass is 10.1. The molecule has 1 unspecified atom stereocenters. The number of nitrogens with one attached hydrogen (secondary N) is 1. The third kappa shape index (κ3) is 2.69. The summed E-state index contributed by atoms with van der Waals surface area (Å²) in [7, 11) is 0. The summed E-state index contributed by atoms with van der Waals surface area (Å²) in [6.07, 6.45) is 3.15. The largest absolute Gasteiger partial charge is 0.370 e. The van der Waals surface area contributed by atoms with Crippen LogP contribution in [0.5, 0.6) is 0 Å². The molecule has 1 saturated heterocycles. The van der Waals surface area contributed by atoms with E-state index in [0.29, 0.717) is 5.52 Å². The first kappa shape index (κ1) is 13.8. The summed E-state index contributed by atoms with van der Waals surface area (Å²) < 4.78 is 5.64. The maximum absolute atomic E-state index is 10.7. The lowest BCUT2D eigenvalue weighted by Crippen LogP contribution is -2.12. The number of fused-ring (bicyclic) bond motifs is 1. The van der Waals surface area contributed by atoms with Gasteiger partial charge in [0.25, 0.3) is 5.69 Å². The average molecular weight is 284 g/mol. The molecule has 1 aliphatic rings. The second kappa shape index (κ2) is 5.54. The smallest absolute Gasteiger partial charge is 0.271 e. The van der Waals surface area contributed by atoms with E-state index in [-0.39, 0.29) is 24.2 Å². The molecule has 0 spiro atoms. The predicted octanol–water partition coefficient (Wildman–Crippen LogP) is 3.13. The van der Waals surface area contributed by atoms with Gasteiger partial charge in [-0.1, -0.05) is 0 Å². The highest BCUT2D eigenvalue weighted by Crippen LogP contribution is 2.28. The molecule has 102 valence electrons. The van der Waals surface area contributed by atoms with E-state index >= 15 is 0 Å². The van der Waals surface area contributed by atoms with Gasteiger partial charge in [-0.3, -0.25) is 10.1 Å². The number of ether oxygens (including phenoxy) is 1. The number of aromatic amines is 1. The van der Waals surface area contributed by atoms with Crippen LogP contribution in [0.1, 0.15) is 31.2 Å². The molecule has 0 bridgehead atoms. The molecule has 2 aromatic rings. The number of halogens is 1. The SMILES string of the molecule is Cl.O=[N+]([O-])c1ccc2nc(C3CCCCO3)[nH]c2c1. The normalized spacial score (nSPS) is 19.1. The van der Waals surface area contributed by atoms with Gasteiger partial charge >= 0.3 is 0 Å². The first-order valence-corrected chi connectivity index (χ1v) is 6.00. The van der Waals surface area contributed by atoms with Crippen molar-refractivity contribution in [2.75, 3.05) is 6.61 Å². The summed E-state index contributed by atoms with van der Waals surface area (Å²) in [5.74, 6) is 0.769. The van der Waals surface area contributed by atoms with Crippen molar-refractivity contribution in [2.24, 2.45) is 0 Å². The van der Waals surface area contributed by atoms with Crippen molar-refractivity contribution in [3.63, 3.8) is 0 Å². The molecular formula is C12H14ClN3O3. The summed E-state index contributed by atoms with van der Waals surface area (Å²) in [5.41, 5.74) is 1.50. The van der Waals surface area contributed by atoms with Crippen LogP contribution in [0.3, 0.4) is 0 Å². The van der Waals surface area contributed by atoms with Crippen molar-refractivity contribution < 1.29 is 9.66 Å². The zero-order valence-electron chi connectivity index (χ0n) is 10.2. The summed E-state index contributed by atoms with van der Waals surface area (Å²) in [6.45, 7) is 0.752. The fourth-order valence-corrected chi connectivity index (χ4v) is 2.24. The van der Waals surface area contributed by atoms with Gasteiger partial charge in [-0.2, -0.15) is 0 Å². The molecule has 0 saturated carbocycles. The van der Waals surface area contributed by atoms with E-state index in [4.69, 9.17) is 4.74 Å². The Balaban J connectivity index is 0.00000133. The lowest BCUT2D eigenvalue weighted by Gasteiger charge is -2.20. The van der Waals surface area contributed by atoms with Gasteiger partial charge in [0.2, 0.25) is 0 Å². The topological polar surface area (TPSA) is 81.1 Å². The van der Waals surface area contributed by atoms with Gasteiger partial charge in [0.1, 0.15) is 11.9 Å². The molecule has 1 aromatic carbocycles. The van der Waals surface area contributed by atoms with Gasteiger partial charge in [0.05, 0.1) is 16.0 Å². The van der Waals surface area contributed by atoms with Crippen LogP contribution in [0.25, 0.3) is 11.0 Å². The van der Waals surface area contributed by atoms with E-state index in [1.165, 1.54) is 12.1 Å². The molecule has 6 nitrogen and oxygen atoms in total. The molecule has 0 radical (unpaired) electrons. The quantitative estimate of drug-likeness (QED) is 0.678. The second-order valence-corrected chi connectivity index (χ2v) is 4.44. The van der Waals surface area contributed by atoms with Crippen LogP contribution in [-0.4, -0.2) is 21.5 Å². The standard InChI is InChI=1S/C12H13N3O3.ClH/c16-15(17)8-4-5-9-10(7-8)14-12(13-9)11-3-1-2-6-18-11;/h4-5,7,11H,1-3,6H2,(H,13,14);1H. The molecule has 1 aliphatic heterocycles. The molecule has 2 heterocycles. The zero-order valence-corrected chi connectivity index (χ0v) is 11.0. The maximum Gasteiger partial charge on any atom is 0.271 e. The summed E-state index contributed by atoms with van der Waals surface area (Å²) in [5, 5.41) is 10.7. The lowest BCUT2D eigenvalue weighted by molar-refractivity contribution is -0.384. The predicted molar refractivity (Wildman–Crippen MR) is 72.5 cm³/mol. The number of H-pyrrole nitrogens is 1. The van der Waals surface area contributed by atoms with Crippen LogP contribution in [0.2, 0.25) is 0 Å². The fourth-order valence-electron chi connectivity index (χ4n) is 2.24. The molecule has 0 amide bonds. The van der Waals surface area contributed by atoms with Gasteiger partial charge in [0.15, 0.2) is 0 Å². The van der Waals surface area contributed by atoms with E-state index in [2.05, 4.69) is 9.97 Å². The third-order valence-corrected chi connectivity index (χ3v) is 3.18. The molecular weight excluding hydrogens is 270 g/mol. The van der Waals surface area contributed by atoms with Crippen LogP contribution >= 0.6 is 12.4 Å². The fraction of sp³-hybridized carbons (Fsp3) is 0.417. The highest BCUT2D eigenvalue weighted by Gasteiger charge is 2.20. The number of nitro benzene ring substituents is 1. The summed E-state index contributed by atoms with van der Waals surface area (Å²) >= 11 is 0. The number of rotatable bonds is 2. The minimum Gasteiger partial charge on any atom is -0.370 e. The monoisotopic (exact) mass is 283 g/mol. The Bertz CT molecular complexity index is 593. The van der Waals surface area contributed by atoms with Gasteiger partial charge in [-0.05, 0) is 25.3 Å². The molecule has 1 N–H and O–H groups in total. The van der Waals surface area contributed by atoms with Crippen molar-refractivity contribution in [2.45, 2.75) is 25.4 Å². The van der Waals surface area contributed by atoms with Gasteiger partial charge in [-0.15, -0.1) is 12.4 Å². The van der Waals surface area contributed by atoms with Crippen molar-refractivity contribution in [3.8, 4) is 0 Å². The van der Waals surface area contributed by atoms with E-state index in [1.807, 2.05) is 0 Å².